The van der Waals surface area contributed by atoms with Crippen molar-refractivity contribution in [2.24, 2.45) is 0 Å². The smallest absolute Gasteiger partial charge is 0.276 e. The van der Waals surface area contributed by atoms with Gasteiger partial charge in [-0.05, 0) is 6.42 Å². The summed E-state index contributed by atoms with van der Waals surface area (Å²) in [5, 5.41) is 19.3. The number of nitrogens with one attached hydrogen (secondary N) is 1. The first-order valence-corrected chi connectivity index (χ1v) is 5.32. The molecule has 3 N–H and O–H groups in total. The molecule has 0 saturated heterocycles. The second-order valence-electron chi connectivity index (χ2n) is 3.43. The van der Waals surface area contributed by atoms with Crippen LogP contribution >= 0.6 is 0 Å². The lowest BCUT2D eigenvalue weighted by molar-refractivity contribution is -0.147. The Kier molecular flexibility index (Phi) is 8.57. The minimum absolute atomic E-state index is 0.530. The minimum Gasteiger partial charge on any atom is -0.361 e. The van der Waals surface area contributed by atoms with E-state index < -0.39 is 12.2 Å². The van der Waals surface area contributed by atoms with Crippen molar-refractivity contribution >= 4 is 5.91 Å². The molecule has 0 radical (unpaired) electrons. The summed E-state index contributed by atoms with van der Waals surface area (Å²) in [7, 11) is 0. The normalized spacial score (nSPS) is 10.6. The van der Waals surface area contributed by atoms with Crippen LogP contribution in [0.15, 0.2) is 0 Å². The summed E-state index contributed by atoms with van der Waals surface area (Å²) in [6, 6.07) is 0. The van der Waals surface area contributed by atoms with E-state index in [0.29, 0.717) is 6.54 Å². The largest absolute Gasteiger partial charge is 0.361 e. The number of aliphatic hydroxyl groups is 2. The number of unbranched alkanes of at least 4 members (excludes halogenated alkanes) is 5. The predicted octanol–water partition coefficient (Wildman–Crippen LogP) is 0.774. The van der Waals surface area contributed by atoms with Crippen LogP contribution in [0.3, 0.4) is 0 Å². The molecule has 0 heterocycles. The molecular formula is C10H21NO3. The van der Waals surface area contributed by atoms with E-state index in [2.05, 4.69) is 12.2 Å². The molecule has 0 atom stereocenters. The lowest BCUT2D eigenvalue weighted by Crippen LogP contribution is -2.34. The third kappa shape index (κ3) is 8.01. The second kappa shape index (κ2) is 8.97. The topological polar surface area (TPSA) is 69.6 Å². The molecule has 4 nitrogen and oxygen atoms in total. The first kappa shape index (κ1) is 13.4. The molecule has 14 heavy (non-hydrogen) atoms. The van der Waals surface area contributed by atoms with Crippen LogP contribution in [0, 0.1) is 0 Å². The minimum atomic E-state index is -1.88. The number of aliphatic hydroxyl groups excluding tert-OH is 1. The first-order chi connectivity index (χ1) is 6.68. The number of amides is 1. The Morgan fingerprint density at radius 1 is 1.14 bits per heavy atom. The fourth-order valence-corrected chi connectivity index (χ4v) is 1.21. The van der Waals surface area contributed by atoms with Gasteiger partial charge in [-0.15, -0.1) is 0 Å². The van der Waals surface area contributed by atoms with Crippen LogP contribution in [0.2, 0.25) is 0 Å². The quantitative estimate of drug-likeness (QED) is 0.403. The summed E-state index contributed by atoms with van der Waals surface area (Å²) in [6.45, 7) is 2.70. The Bertz CT molecular complexity index is 148. The molecule has 0 rings (SSSR count). The molecule has 0 aliphatic heterocycles. The highest BCUT2D eigenvalue weighted by molar-refractivity contribution is 5.78. The summed E-state index contributed by atoms with van der Waals surface area (Å²) < 4.78 is 0. The van der Waals surface area contributed by atoms with Crippen LogP contribution in [0.1, 0.15) is 45.4 Å². The lowest BCUT2D eigenvalue weighted by atomic mass is 10.1. The third-order valence-electron chi connectivity index (χ3n) is 2.06. The maximum Gasteiger partial charge on any atom is 0.276 e. The van der Waals surface area contributed by atoms with Gasteiger partial charge in [0.05, 0.1) is 0 Å². The van der Waals surface area contributed by atoms with Gasteiger partial charge in [0, 0.05) is 6.54 Å². The molecule has 0 aromatic carbocycles. The van der Waals surface area contributed by atoms with Crippen molar-refractivity contribution in [3.05, 3.63) is 0 Å². The maximum atomic E-state index is 10.7. The van der Waals surface area contributed by atoms with E-state index in [0.717, 1.165) is 12.8 Å². The summed E-state index contributed by atoms with van der Waals surface area (Å²) in [5.74, 6) is -0.710. The molecule has 0 bridgehead atoms. The van der Waals surface area contributed by atoms with E-state index in [1.54, 1.807) is 0 Å². The highest BCUT2D eigenvalue weighted by Crippen LogP contribution is 2.03. The summed E-state index contributed by atoms with van der Waals surface area (Å²) in [5.41, 5.74) is 0. The van der Waals surface area contributed by atoms with E-state index in [1.165, 1.54) is 25.7 Å². The van der Waals surface area contributed by atoms with E-state index in [4.69, 9.17) is 10.2 Å². The number of carbonyl (C=O) groups excluding carboxylic acids is 1. The molecular weight excluding hydrogens is 182 g/mol. The second-order valence-corrected chi connectivity index (χ2v) is 3.43. The molecule has 1 amide bonds. The summed E-state index contributed by atoms with van der Waals surface area (Å²) in [6.07, 6.45) is 5.03. The van der Waals surface area contributed by atoms with Gasteiger partial charge in [-0.25, -0.2) is 0 Å². The van der Waals surface area contributed by atoms with Gasteiger partial charge < -0.3 is 15.5 Å². The third-order valence-corrected chi connectivity index (χ3v) is 2.06. The molecule has 0 unspecified atom stereocenters. The fraction of sp³-hybridized carbons (Fsp3) is 0.900. The Balaban J connectivity index is 3.10. The first-order valence-electron chi connectivity index (χ1n) is 5.32. The molecule has 0 aliphatic carbocycles. The number of hydrogen-bond donors (Lipinski definition) is 3. The van der Waals surface area contributed by atoms with Gasteiger partial charge in [-0.1, -0.05) is 39.0 Å². The van der Waals surface area contributed by atoms with Crippen molar-refractivity contribution in [2.45, 2.75) is 51.7 Å². The Hall–Kier alpha value is -0.610. The predicted molar refractivity (Wildman–Crippen MR) is 54.6 cm³/mol. The van der Waals surface area contributed by atoms with Gasteiger partial charge in [-0.3, -0.25) is 4.79 Å². The van der Waals surface area contributed by atoms with Crippen LogP contribution in [-0.2, 0) is 4.79 Å². The molecule has 0 spiro atoms. The van der Waals surface area contributed by atoms with Gasteiger partial charge in [0.1, 0.15) is 0 Å². The van der Waals surface area contributed by atoms with Gasteiger partial charge in [0.2, 0.25) is 6.29 Å². The zero-order chi connectivity index (χ0) is 10.8. The highest BCUT2D eigenvalue weighted by Gasteiger charge is 2.08. The maximum absolute atomic E-state index is 10.7. The SMILES string of the molecule is CCCCCCCCNC(=O)C(O)O. The Morgan fingerprint density at radius 3 is 2.29 bits per heavy atom. The summed E-state index contributed by atoms with van der Waals surface area (Å²) >= 11 is 0. The van der Waals surface area contributed by atoms with Crippen molar-refractivity contribution in [1.82, 2.24) is 5.32 Å². The van der Waals surface area contributed by atoms with Gasteiger partial charge in [0.25, 0.3) is 5.91 Å². The number of hydrogen-bond acceptors (Lipinski definition) is 3. The van der Waals surface area contributed by atoms with Gasteiger partial charge in [0.15, 0.2) is 0 Å². The Morgan fingerprint density at radius 2 is 1.71 bits per heavy atom. The van der Waals surface area contributed by atoms with Crippen LogP contribution in [0.25, 0.3) is 0 Å². The van der Waals surface area contributed by atoms with Crippen LogP contribution in [0.5, 0.6) is 0 Å². The molecule has 0 aliphatic rings. The van der Waals surface area contributed by atoms with Gasteiger partial charge in [-0.2, -0.15) is 0 Å². The molecule has 0 aromatic heterocycles. The van der Waals surface area contributed by atoms with E-state index in [9.17, 15) is 4.79 Å². The molecule has 84 valence electrons. The van der Waals surface area contributed by atoms with Crippen molar-refractivity contribution in [3.8, 4) is 0 Å². The number of carbonyl (C=O) groups is 1. The monoisotopic (exact) mass is 203 g/mol. The van der Waals surface area contributed by atoms with Crippen LogP contribution in [-0.4, -0.2) is 29.0 Å². The van der Waals surface area contributed by atoms with Crippen molar-refractivity contribution < 1.29 is 15.0 Å². The van der Waals surface area contributed by atoms with Crippen molar-refractivity contribution in [3.63, 3.8) is 0 Å². The van der Waals surface area contributed by atoms with E-state index in [1.807, 2.05) is 0 Å². The highest BCUT2D eigenvalue weighted by atomic mass is 16.5. The molecule has 0 saturated carbocycles. The molecule has 4 heteroatoms. The van der Waals surface area contributed by atoms with Crippen molar-refractivity contribution in [2.75, 3.05) is 6.54 Å². The van der Waals surface area contributed by atoms with Gasteiger partial charge >= 0.3 is 0 Å². The number of rotatable bonds is 8. The van der Waals surface area contributed by atoms with Crippen molar-refractivity contribution in [1.29, 1.82) is 0 Å². The van der Waals surface area contributed by atoms with Crippen LogP contribution < -0.4 is 5.32 Å². The standard InChI is InChI=1S/C10H21NO3/c1-2-3-4-5-6-7-8-11-9(12)10(13)14/h10,13-14H,2-8H2,1H3,(H,11,12). The average Bonchev–Trinajstić information content (AvgIpc) is 2.16. The average molecular weight is 203 g/mol. The van der Waals surface area contributed by atoms with E-state index in [-0.39, 0.29) is 0 Å². The zero-order valence-electron chi connectivity index (χ0n) is 8.83. The lowest BCUT2D eigenvalue weighted by Gasteiger charge is -2.05. The van der Waals surface area contributed by atoms with Crippen LogP contribution in [0.4, 0.5) is 0 Å². The zero-order valence-corrected chi connectivity index (χ0v) is 8.83. The fourth-order valence-electron chi connectivity index (χ4n) is 1.21. The Labute approximate surface area is 85.3 Å². The molecule has 0 fully saturated rings. The van der Waals surface area contributed by atoms with E-state index >= 15 is 0 Å². The molecule has 0 aromatic rings. The summed E-state index contributed by atoms with van der Waals surface area (Å²) in [4.78, 5) is 10.7.